The molecule has 7 heteroatoms. The number of benzene rings is 1. The van der Waals surface area contributed by atoms with Crippen molar-refractivity contribution in [1.29, 1.82) is 0 Å². The summed E-state index contributed by atoms with van der Waals surface area (Å²) in [4.78, 5) is 35.9. The zero-order chi connectivity index (χ0) is 20.2. The zero-order valence-corrected chi connectivity index (χ0v) is 16.7. The van der Waals surface area contributed by atoms with Crippen LogP contribution in [0.25, 0.3) is 0 Å². The summed E-state index contributed by atoms with van der Waals surface area (Å²) in [7, 11) is 1.59. The van der Waals surface area contributed by atoms with Gasteiger partial charge >= 0.3 is 0 Å². The number of carbonyl (C=O) groups excluding carboxylic acids is 2. The number of aromatic nitrogens is 1. The summed E-state index contributed by atoms with van der Waals surface area (Å²) in [6.07, 6.45) is 2.06. The van der Waals surface area contributed by atoms with Crippen LogP contribution in [0.1, 0.15) is 12.1 Å². The zero-order valence-electron chi connectivity index (χ0n) is 16.7. The van der Waals surface area contributed by atoms with Gasteiger partial charge in [-0.1, -0.05) is 18.2 Å². The molecular formula is C22H26N4O3. The van der Waals surface area contributed by atoms with Crippen molar-refractivity contribution in [3.63, 3.8) is 0 Å². The Labute approximate surface area is 170 Å². The van der Waals surface area contributed by atoms with Crippen molar-refractivity contribution in [3.05, 3.63) is 54.4 Å². The number of piperazine rings is 1. The molecular weight excluding hydrogens is 368 g/mol. The highest BCUT2D eigenvalue weighted by Crippen LogP contribution is 2.33. The standard InChI is InChI=1S/C22H26N4O3/c1-29-20-8-3-2-7-19(20)26-15-17(14-21(26)27)22(28)25-12-10-24(11-13-25)16-18-6-4-5-9-23-18/h2-9,17H,10-16H2,1H3. The van der Waals surface area contributed by atoms with E-state index in [1.165, 1.54) is 0 Å². The molecule has 2 aliphatic rings. The lowest BCUT2D eigenvalue weighted by atomic mass is 10.1. The van der Waals surface area contributed by atoms with Crippen molar-refractivity contribution >= 4 is 17.5 Å². The number of para-hydroxylation sites is 2. The molecule has 0 bridgehead atoms. The molecule has 152 valence electrons. The molecule has 29 heavy (non-hydrogen) atoms. The minimum atomic E-state index is -0.297. The van der Waals surface area contributed by atoms with Crippen molar-refractivity contribution in [1.82, 2.24) is 14.8 Å². The molecule has 4 rings (SSSR count). The first-order valence-electron chi connectivity index (χ1n) is 10.00. The van der Waals surface area contributed by atoms with Crippen molar-refractivity contribution < 1.29 is 14.3 Å². The molecule has 1 aromatic heterocycles. The number of nitrogens with zero attached hydrogens (tertiary/aromatic N) is 4. The van der Waals surface area contributed by atoms with E-state index in [1.807, 2.05) is 47.4 Å². The molecule has 2 aromatic rings. The summed E-state index contributed by atoms with van der Waals surface area (Å²) in [5, 5.41) is 0. The van der Waals surface area contributed by atoms with Gasteiger partial charge in [-0.05, 0) is 24.3 Å². The van der Waals surface area contributed by atoms with E-state index in [2.05, 4.69) is 9.88 Å². The number of carbonyl (C=O) groups is 2. The summed E-state index contributed by atoms with van der Waals surface area (Å²) >= 11 is 0. The van der Waals surface area contributed by atoms with Crippen LogP contribution in [-0.4, -0.2) is 66.4 Å². The lowest BCUT2D eigenvalue weighted by Gasteiger charge is -2.35. The van der Waals surface area contributed by atoms with E-state index >= 15 is 0 Å². The quantitative estimate of drug-likeness (QED) is 0.774. The Bertz CT molecular complexity index is 865. The van der Waals surface area contributed by atoms with E-state index in [0.29, 0.717) is 25.4 Å². The fourth-order valence-electron chi connectivity index (χ4n) is 4.06. The number of ether oxygens (including phenoxy) is 1. The number of hydrogen-bond acceptors (Lipinski definition) is 5. The third kappa shape index (κ3) is 4.24. The van der Waals surface area contributed by atoms with Crippen LogP contribution in [0.3, 0.4) is 0 Å². The summed E-state index contributed by atoms with van der Waals surface area (Å²) in [6, 6.07) is 13.4. The predicted octanol–water partition coefficient (Wildman–Crippen LogP) is 1.79. The minimum absolute atomic E-state index is 0.0263. The van der Waals surface area contributed by atoms with Crippen LogP contribution < -0.4 is 9.64 Å². The monoisotopic (exact) mass is 394 g/mol. The van der Waals surface area contributed by atoms with Gasteiger partial charge in [0.15, 0.2) is 0 Å². The molecule has 1 unspecified atom stereocenters. The molecule has 2 aliphatic heterocycles. The van der Waals surface area contributed by atoms with Crippen molar-refractivity contribution in [2.24, 2.45) is 5.92 Å². The van der Waals surface area contributed by atoms with Gasteiger partial charge in [-0.15, -0.1) is 0 Å². The van der Waals surface area contributed by atoms with Crippen LogP contribution in [0.15, 0.2) is 48.7 Å². The second kappa shape index (κ2) is 8.61. The van der Waals surface area contributed by atoms with E-state index in [-0.39, 0.29) is 24.2 Å². The Balaban J connectivity index is 1.34. The first-order chi connectivity index (χ1) is 14.2. The molecule has 0 saturated carbocycles. The average molecular weight is 394 g/mol. The lowest BCUT2D eigenvalue weighted by molar-refractivity contribution is -0.137. The third-order valence-electron chi connectivity index (χ3n) is 5.65. The SMILES string of the molecule is COc1ccccc1N1CC(C(=O)N2CCN(Cc3ccccn3)CC2)CC1=O. The molecule has 1 atom stereocenters. The first kappa shape index (κ1) is 19.4. The van der Waals surface area contributed by atoms with E-state index in [4.69, 9.17) is 4.74 Å². The molecule has 0 aliphatic carbocycles. The van der Waals surface area contributed by atoms with E-state index in [9.17, 15) is 9.59 Å². The number of anilines is 1. The number of amides is 2. The van der Waals surface area contributed by atoms with Crippen LogP contribution in [-0.2, 0) is 16.1 Å². The molecule has 2 fully saturated rings. The van der Waals surface area contributed by atoms with Gasteiger partial charge in [0.1, 0.15) is 5.75 Å². The van der Waals surface area contributed by atoms with Gasteiger partial charge in [0.2, 0.25) is 11.8 Å². The average Bonchev–Trinajstić information content (AvgIpc) is 3.16. The Morgan fingerprint density at radius 2 is 1.86 bits per heavy atom. The lowest BCUT2D eigenvalue weighted by Crippen LogP contribution is -2.50. The van der Waals surface area contributed by atoms with Gasteiger partial charge in [-0.2, -0.15) is 0 Å². The van der Waals surface area contributed by atoms with Crippen molar-refractivity contribution in [2.45, 2.75) is 13.0 Å². The Kier molecular flexibility index (Phi) is 5.76. The van der Waals surface area contributed by atoms with Gasteiger partial charge in [-0.25, -0.2) is 0 Å². The van der Waals surface area contributed by atoms with Crippen molar-refractivity contribution in [2.75, 3.05) is 44.7 Å². The highest BCUT2D eigenvalue weighted by molar-refractivity contribution is 6.01. The molecule has 7 nitrogen and oxygen atoms in total. The molecule has 1 aromatic carbocycles. The summed E-state index contributed by atoms with van der Waals surface area (Å²) < 4.78 is 5.38. The first-order valence-corrected chi connectivity index (χ1v) is 10.00. The fourth-order valence-corrected chi connectivity index (χ4v) is 4.06. The molecule has 2 amide bonds. The maximum absolute atomic E-state index is 13.0. The van der Waals surface area contributed by atoms with E-state index in [0.717, 1.165) is 31.0 Å². The minimum Gasteiger partial charge on any atom is -0.495 e. The number of methoxy groups -OCH3 is 1. The second-order valence-electron chi connectivity index (χ2n) is 7.50. The molecule has 0 spiro atoms. The van der Waals surface area contributed by atoms with Gasteiger partial charge in [0.25, 0.3) is 0 Å². The van der Waals surface area contributed by atoms with Crippen molar-refractivity contribution in [3.8, 4) is 5.75 Å². The Morgan fingerprint density at radius 3 is 2.59 bits per heavy atom. The number of rotatable bonds is 5. The number of hydrogen-bond donors (Lipinski definition) is 0. The Morgan fingerprint density at radius 1 is 1.10 bits per heavy atom. The van der Waals surface area contributed by atoms with E-state index < -0.39 is 0 Å². The normalized spacial score (nSPS) is 20.2. The maximum atomic E-state index is 13.0. The maximum Gasteiger partial charge on any atom is 0.228 e. The molecule has 3 heterocycles. The smallest absolute Gasteiger partial charge is 0.228 e. The van der Waals surface area contributed by atoms with Gasteiger partial charge in [0.05, 0.1) is 24.4 Å². The van der Waals surface area contributed by atoms with Crippen LogP contribution in [0.5, 0.6) is 5.75 Å². The summed E-state index contributed by atoms with van der Waals surface area (Å²) in [5.41, 5.74) is 1.77. The molecule has 0 N–H and O–H groups in total. The topological polar surface area (TPSA) is 66.0 Å². The third-order valence-corrected chi connectivity index (χ3v) is 5.65. The van der Waals surface area contributed by atoms with Crippen LogP contribution in [0.4, 0.5) is 5.69 Å². The van der Waals surface area contributed by atoms with Crippen LogP contribution in [0.2, 0.25) is 0 Å². The predicted molar refractivity (Wildman–Crippen MR) is 110 cm³/mol. The summed E-state index contributed by atoms with van der Waals surface area (Å²) in [6.45, 7) is 4.22. The molecule has 0 radical (unpaired) electrons. The van der Waals surface area contributed by atoms with Crippen LogP contribution in [0, 0.1) is 5.92 Å². The highest BCUT2D eigenvalue weighted by atomic mass is 16.5. The number of pyridine rings is 1. The highest BCUT2D eigenvalue weighted by Gasteiger charge is 2.38. The van der Waals surface area contributed by atoms with Gasteiger partial charge in [0, 0.05) is 51.9 Å². The molecule has 2 saturated heterocycles. The summed E-state index contributed by atoms with van der Waals surface area (Å²) in [5.74, 6) is 0.404. The fraction of sp³-hybridized carbons (Fsp3) is 0.409. The largest absolute Gasteiger partial charge is 0.495 e. The van der Waals surface area contributed by atoms with Gasteiger partial charge < -0.3 is 14.5 Å². The Hall–Kier alpha value is -2.93. The van der Waals surface area contributed by atoms with Gasteiger partial charge in [-0.3, -0.25) is 19.5 Å². The van der Waals surface area contributed by atoms with E-state index in [1.54, 1.807) is 18.2 Å². The second-order valence-corrected chi connectivity index (χ2v) is 7.50. The van der Waals surface area contributed by atoms with Crippen LogP contribution >= 0.6 is 0 Å².